The van der Waals surface area contributed by atoms with E-state index in [0.29, 0.717) is 23.6 Å². The molecule has 0 saturated heterocycles. The molecule has 0 atom stereocenters. The van der Waals surface area contributed by atoms with Gasteiger partial charge in [-0.3, -0.25) is 4.79 Å². The van der Waals surface area contributed by atoms with Gasteiger partial charge in [0.1, 0.15) is 11.5 Å². The van der Waals surface area contributed by atoms with Crippen LogP contribution in [0.2, 0.25) is 0 Å². The van der Waals surface area contributed by atoms with Crippen molar-refractivity contribution in [2.45, 2.75) is 6.42 Å². The number of carbonyl (C=O) groups excluding carboxylic acids is 1. The van der Waals surface area contributed by atoms with Gasteiger partial charge in [0, 0.05) is 12.6 Å². The molecule has 5 heteroatoms. The van der Waals surface area contributed by atoms with Gasteiger partial charge in [0.15, 0.2) is 0 Å². The summed E-state index contributed by atoms with van der Waals surface area (Å²) in [5.41, 5.74) is 0.521. The number of hydrogen-bond donors (Lipinski definition) is 1. The SMILES string of the molecule is COc1ccc(C(=O)NCCCN(C)C)c(OC)c1. The third-order valence-electron chi connectivity index (χ3n) is 2.72. The van der Waals surface area contributed by atoms with Gasteiger partial charge < -0.3 is 19.7 Å². The minimum atomic E-state index is -0.127. The second-order valence-electron chi connectivity index (χ2n) is 4.48. The quantitative estimate of drug-likeness (QED) is 0.758. The molecule has 106 valence electrons. The number of nitrogens with one attached hydrogen (secondary N) is 1. The molecule has 1 N–H and O–H groups in total. The molecule has 0 spiro atoms. The van der Waals surface area contributed by atoms with Crippen molar-refractivity contribution in [3.63, 3.8) is 0 Å². The molecule has 0 unspecified atom stereocenters. The number of methoxy groups -OCH3 is 2. The standard InChI is InChI=1S/C14H22N2O3/c1-16(2)9-5-8-15-14(17)12-7-6-11(18-3)10-13(12)19-4/h6-7,10H,5,8-9H2,1-4H3,(H,15,17). The Morgan fingerprint density at radius 2 is 2.00 bits per heavy atom. The maximum absolute atomic E-state index is 12.0. The van der Waals surface area contributed by atoms with Gasteiger partial charge in [-0.1, -0.05) is 0 Å². The van der Waals surface area contributed by atoms with Crippen molar-refractivity contribution < 1.29 is 14.3 Å². The van der Waals surface area contributed by atoms with Gasteiger partial charge in [-0.05, 0) is 39.2 Å². The Morgan fingerprint density at radius 3 is 2.58 bits per heavy atom. The Hall–Kier alpha value is -1.75. The molecule has 0 heterocycles. The minimum Gasteiger partial charge on any atom is -0.497 e. The fourth-order valence-corrected chi connectivity index (χ4v) is 1.68. The minimum absolute atomic E-state index is 0.127. The fourth-order valence-electron chi connectivity index (χ4n) is 1.68. The van der Waals surface area contributed by atoms with E-state index in [-0.39, 0.29) is 5.91 Å². The first-order valence-corrected chi connectivity index (χ1v) is 6.23. The van der Waals surface area contributed by atoms with Gasteiger partial charge in [0.2, 0.25) is 0 Å². The molecule has 1 aromatic rings. The van der Waals surface area contributed by atoms with Crippen LogP contribution in [-0.4, -0.2) is 52.2 Å². The number of carbonyl (C=O) groups is 1. The van der Waals surface area contributed by atoms with Crippen molar-refractivity contribution in [2.75, 3.05) is 41.4 Å². The first-order chi connectivity index (χ1) is 9.08. The summed E-state index contributed by atoms with van der Waals surface area (Å²) in [6.45, 7) is 1.59. The highest BCUT2D eigenvalue weighted by molar-refractivity contribution is 5.97. The van der Waals surface area contributed by atoms with Crippen molar-refractivity contribution in [2.24, 2.45) is 0 Å². The topological polar surface area (TPSA) is 50.8 Å². The largest absolute Gasteiger partial charge is 0.497 e. The monoisotopic (exact) mass is 266 g/mol. The summed E-state index contributed by atoms with van der Waals surface area (Å²) in [5.74, 6) is 1.06. The van der Waals surface area contributed by atoms with Crippen LogP contribution in [0.15, 0.2) is 18.2 Å². The van der Waals surface area contributed by atoms with Crippen LogP contribution >= 0.6 is 0 Å². The predicted molar refractivity (Wildman–Crippen MR) is 75.1 cm³/mol. The molecule has 0 aliphatic heterocycles. The highest BCUT2D eigenvalue weighted by Gasteiger charge is 2.12. The van der Waals surface area contributed by atoms with Crippen molar-refractivity contribution in [3.05, 3.63) is 23.8 Å². The molecule has 0 aromatic heterocycles. The molecule has 1 rings (SSSR count). The van der Waals surface area contributed by atoms with Crippen molar-refractivity contribution >= 4 is 5.91 Å². The van der Waals surface area contributed by atoms with E-state index in [2.05, 4.69) is 10.2 Å². The summed E-state index contributed by atoms with van der Waals surface area (Å²) in [4.78, 5) is 14.1. The van der Waals surface area contributed by atoms with E-state index in [1.165, 1.54) is 7.11 Å². The third-order valence-corrected chi connectivity index (χ3v) is 2.72. The van der Waals surface area contributed by atoms with Crippen LogP contribution in [-0.2, 0) is 0 Å². The smallest absolute Gasteiger partial charge is 0.255 e. The summed E-state index contributed by atoms with van der Waals surface area (Å²) >= 11 is 0. The molecule has 1 aromatic carbocycles. The van der Waals surface area contributed by atoms with Gasteiger partial charge in [-0.2, -0.15) is 0 Å². The van der Waals surface area contributed by atoms with Crippen molar-refractivity contribution in [1.82, 2.24) is 10.2 Å². The summed E-state index contributed by atoms with van der Waals surface area (Å²) in [6.07, 6.45) is 0.914. The van der Waals surface area contributed by atoms with Crippen LogP contribution in [0.5, 0.6) is 11.5 Å². The lowest BCUT2D eigenvalue weighted by molar-refractivity contribution is 0.0949. The molecule has 19 heavy (non-hydrogen) atoms. The number of hydrogen-bond acceptors (Lipinski definition) is 4. The van der Waals surface area contributed by atoms with Gasteiger partial charge >= 0.3 is 0 Å². The number of ether oxygens (including phenoxy) is 2. The molecule has 0 aliphatic rings. The highest BCUT2D eigenvalue weighted by Crippen LogP contribution is 2.24. The summed E-state index contributed by atoms with van der Waals surface area (Å²) in [7, 11) is 7.13. The van der Waals surface area contributed by atoms with Crippen LogP contribution in [0.4, 0.5) is 0 Å². The molecule has 0 aliphatic carbocycles. The zero-order chi connectivity index (χ0) is 14.3. The Balaban J connectivity index is 2.61. The van der Waals surface area contributed by atoms with Gasteiger partial charge in [-0.25, -0.2) is 0 Å². The van der Waals surface area contributed by atoms with Crippen LogP contribution in [0, 0.1) is 0 Å². The average molecular weight is 266 g/mol. The van der Waals surface area contributed by atoms with Crippen molar-refractivity contribution in [1.29, 1.82) is 0 Å². The molecule has 0 fully saturated rings. The van der Waals surface area contributed by atoms with Gasteiger partial charge in [0.05, 0.1) is 19.8 Å². The summed E-state index contributed by atoms with van der Waals surface area (Å²) in [5, 5.41) is 2.88. The third kappa shape index (κ3) is 4.79. The van der Waals surface area contributed by atoms with E-state index >= 15 is 0 Å². The van der Waals surface area contributed by atoms with E-state index in [9.17, 15) is 4.79 Å². The Kier molecular flexibility index (Phi) is 6.15. The molecule has 0 radical (unpaired) electrons. The second kappa shape index (κ2) is 7.63. The summed E-state index contributed by atoms with van der Waals surface area (Å²) in [6, 6.07) is 5.16. The van der Waals surface area contributed by atoms with E-state index < -0.39 is 0 Å². The number of nitrogens with zero attached hydrogens (tertiary/aromatic N) is 1. The van der Waals surface area contributed by atoms with Crippen LogP contribution in [0.1, 0.15) is 16.8 Å². The summed E-state index contributed by atoms with van der Waals surface area (Å²) < 4.78 is 10.3. The first-order valence-electron chi connectivity index (χ1n) is 6.23. The van der Waals surface area contributed by atoms with E-state index in [1.54, 1.807) is 25.3 Å². The zero-order valence-corrected chi connectivity index (χ0v) is 12.0. The highest BCUT2D eigenvalue weighted by atomic mass is 16.5. The maximum atomic E-state index is 12.0. The molecule has 1 amide bonds. The van der Waals surface area contributed by atoms with Crippen LogP contribution in [0.25, 0.3) is 0 Å². The molecular formula is C14H22N2O3. The molecule has 0 saturated carbocycles. The van der Waals surface area contributed by atoms with Crippen LogP contribution in [0.3, 0.4) is 0 Å². The predicted octanol–water partition coefficient (Wildman–Crippen LogP) is 1.39. The molecule has 5 nitrogen and oxygen atoms in total. The Morgan fingerprint density at radius 1 is 1.26 bits per heavy atom. The van der Waals surface area contributed by atoms with Crippen LogP contribution < -0.4 is 14.8 Å². The molecule has 0 bridgehead atoms. The van der Waals surface area contributed by atoms with Gasteiger partial charge in [0.25, 0.3) is 5.91 Å². The Labute approximate surface area is 114 Å². The number of benzene rings is 1. The second-order valence-corrected chi connectivity index (χ2v) is 4.48. The average Bonchev–Trinajstić information content (AvgIpc) is 2.42. The van der Waals surface area contributed by atoms with E-state index in [1.807, 2.05) is 14.1 Å². The number of rotatable bonds is 7. The lowest BCUT2D eigenvalue weighted by atomic mass is 10.1. The Bertz CT molecular complexity index is 419. The van der Waals surface area contributed by atoms with Gasteiger partial charge in [-0.15, -0.1) is 0 Å². The lowest BCUT2D eigenvalue weighted by Gasteiger charge is -2.12. The maximum Gasteiger partial charge on any atom is 0.255 e. The van der Waals surface area contributed by atoms with E-state index in [0.717, 1.165) is 13.0 Å². The number of amides is 1. The lowest BCUT2D eigenvalue weighted by Crippen LogP contribution is -2.27. The fraction of sp³-hybridized carbons (Fsp3) is 0.500. The normalized spacial score (nSPS) is 10.4. The van der Waals surface area contributed by atoms with Crippen molar-refractivity contribution in [3.8, 4) is 11.5 Å². The molecular weight excluding hydrogens is 244 g/mol. The van der Waals surface area contributed by atoms with E-state index in [4.69, 9.17) is 9.47 Å². The zero-order valence-electron chi connectivity index (χ0n) is 12.0. The first kappa shape index (κ1) is 15.3.